The van der Waals surface area contributed by atoms with Crippen LogP contribution >= 0.6 is 24.0 Å². The second-order valence-electron chi connectivity index (χ2n) is 6.83. The van der Waals surface area contributed by atoms with Crippen LogP contribution in [0.2, 0.25) is 0 Å². The minimum absolute atomic E-state index is 0.102. The molecular formula is C23H25NO3S2. The average Bonchev–Trinajstić information content (AvgIpc) is 2.97. The molecule has 0 aliphatic carbocycles. The zero-order valence-electron chi connectivity index (χ0n) is 17.1. The number of carbonyl (C=O) groups excluding carboxylic acids is 1. The molecule has 29 heavy (non-hydrogen) atoms. The van der Waals surface area contributed by atoms with Crippen LogP contribution in [0.15, 0.2) is 47.4 Å². The Balaban J connectivity index is 1.88. The molecule has 0 spiro atoms. The molecule has 1 amide bonds. The van der Waals surface area contributed by atoms with Crippen molar-refractivity contribution in [2.45, 2.75) is 40.2 Å². The van der Waals surface area contributed by atoms with Crippen LogP contribution in [0.1, 0.15) is 38.3 Å². The number of thiocarbonyl (C=S) groups is 1. The number of nitrogens with zero attached hydrogens (tertiary/aromatic N) is 1. The lowest BCUT2D eigenvalue weighted by molar-refractivity contribution is -0.113. The largest absolute Gasteiger partial charge is 0.490 e. The molecular weight excluding hydrogens is 402 g/mol. The number of hydrogen-bond acceptors (Lipinski definition) is 5. The van der Waals surface area contributed by atoms with Gasteiger partial charge in [-0.3, -0.25) is 9.69 Å². The second kappa shape index (κ2) is 9.46. The molecule has 152 valence electrons. The van der Waals surface area contributed by atoms with Gasteiger partial charge in [0.2, 0.25) is 0 Å². The predicted molar refractivity (Wildman–Crippen MR) is 125 cm³/mol. The van der Waals surface area contributed by atoms with Crippen LogP contribution in [0.25, 0.3) is 6.08 Å². The first-order chi connectivity index (χ1) is 13.9. The smallest absolute Gasteiger partial charge is 0.270 e. The maximum atomic E-state index is 13.0. The zero-order chi connectivity index (χ0) is 21.0. The molecule has 0 radical (unpaired) electrons. The third kappa shape index (κ3) is 5.00. The number of hydrogen-bond donors (Lipinski definition) is 0. The second-order valence-corrected chi connectivity index (χ2v) is 8.51. The van der Waals surface area contributed by atoms with Crippen molar-refractivity contribution >= 4 is 46.0 Å². The van der Waals surface area contributed by atoms with Gasteiger partial charge in [0.25, 0.3) is 5.91 Å². The standard InChI is InChI=1S/C23H25NO3S2/c1-5-16(4)27-19-11-10-17(13-20(19)26-6-2)14-21-22(25)24(23(28)29-21)18-9-7-8-15(3)12-18/h7-14,16H,5-6H2,1-4H3/b21-14-/t16-/m1/s1. The van der Waals surface area contributed by atoms with E-state index < -0.39 is 0 Å². The van der Waals surface area contributed by atoms with E-state index in [0.29, 0.717) is 27.3 Å². The van der Waals surface area contributed by atoms with Crippen LogP contribution in [-0.2, 0) is 4.79 Å². The lowest BCUT2D eigenvalue weighted by Gasteiger charge is -2.16. The highest BCUT2D eigenvalue weighted by atomic mass is 32.2. The van der Waals surface area contributed by atoms with Gasteiger partial charge in [-0.2, -0.15) is 0 Å². The molecule has 4 nitrogen and oxygen atoms in total. The Morgan fingerprint density at radius 3 is 2.66 bits per heavy atom. The fourth-order valence-electron chi connectivity index (χ4n) is 2.89. The molecule has 2 aromatic carbocycles. The van der Waals surface area contributed by atoms with Crippen molar-refractivity contribution in [1.82, 2.24) is 0 Å². The summed E-state index contributed by atoms with van der Waals surface area (Å²) in [5.41, 5.74) is 2.75. The maximum Gasteiger partial charge on any atom is 0.270 e. The van der Waals surface area contributed by atoms with E-state index in [1.807, 2.05) is 69.3 Å². The summed E-state index contributed by atoms with van der Waals surface area (Å²) in [4.78, 5) is 15.2. The summed E-state index contributed by atoms with van der Waals surface area (Å²) >= 11 is 6.78. The van der Waals surface area contributed by atoms with E-state index in [9.17, 15) is 4.79 Å². The average molecular weight is 428 g/mol. The Hall–Kier alpha value is -2.31. The summed E-state index contributed by atoms with van der Waals surface area (Å²) in [5, 5.41) is 0. The Morgan fingerprint density at radius 1 is 1.17 bits per heavy atom. The van der Waals surface area contributed by atoms with E-state index in [1.54, 1.807) is 4.90 Å². The Labute approximate surface area is 181 Å². The summed E-state index contributed by atoms with van der Waals surface area (Å²) in [6.45, 7) is 8.58. The lowest BCUT2D eigenvalue weighted by atomic mass is 10.1. The van der Waals surface area contributed by atoms with Crippen molar-refractivity contribution in [3.8, 4) is 11.5 Å². The molecule has 1 atom stereocenters. The van der Waals surface area contributed by atoms with Crippen LogP contribution in [0.4, 0.5) is 5.69 Å². The summed E-state index contributed by atoms with van der Waals surface area (Å²) in [6.07, 6.45) is 2.87. The minimum Gasteiger partial charge on any atom is -0.490 e. The Bertz CT molecular complexity index is 955. The molecule has 0 unspecified atom stereocenters. The van der Waals surface area contributed by atoms with Gasteiger partial charge in [-0.1, -0.05) is 49.1 Å². The molecule has 0 bridgehead atoms. The van der Waals surface area contributed by atoms with E-state index in [4.69, 9.17) is 21.7 Å². The Kier molecular flexibility index (Phi) is 6.98. The van der Waals surface area contributed by atoms with Crippen molar-refractivity contribution in [2.75, 3.05) is 11.5 Å². The van der Waals surface area contributed by atoms with Crippen molar-refractivity contribution in [1.29, 1.82) is 0 Å². The van der Waals surface area contributed by atoms with Gasteiger partial charge in [-0.05, 0) is 68.7 Å². The molecule has 1 saturated heterocycles. The number of rotatable bonds is 7. The van der Waals surface area contributed by atoms with Gasteiger partial charge in [0.15, 0.2) is 15.8 Å². The number of aryl methyl sites for hydroxylation is 1. The molecule has 0 N–H and O–H groups in total. The number of carbonyl (C=O) groups is 1. The zero-order valence-corrected chi connectivity index (χ0v) is 18.7. The van der Waals surface area contributed by atoms with Gasteiger partial charge in [0.05, 0.1) is 23.3 Å². The number of thioether (sulfide) groups is 1. The first kappa shape index (κ1) is 21.4. The third-order valence-electron chi connectivity index (χ3n) is 4.52. The lowest BCUT2D eigenvalue weighted by Crippen LogP contribution is -2.27. The van der Waals surface area contributed by atoms with Crippen LogP contribution < -0.4 is 14.4 Å². The molecule has 6 heteroatoms. The summed E-state index contributed by atoms with van der Waals surface area (Å²) in [6, 6.07) is 13.5. The molecule has 1 aliphatic heterocycles. The summed E-state index contributed by atoms with van der Waals surface area (Å²) in [7, 11) is 0. The molecule has 1 heterocycles. The summed E-state index contributed by atoms with van der Waals surface area (Å²) < 4.78 is 12.2. The fourth-order valence-corrected chi connectivity index (χ4v) is 4.19. The van der Waals surface area contributed by atoms with Crippen LogP contribution in [0.3, 0.4) is 0 Å². The third-order valence-corrected chi connectivity index (χ3v) is 5.82. The van der Waals surface area contributed by atoms with Crippen molar-refractivity contribution in [3.05, 3.63) is 58.5 Å². The number of ether oxygens (including phenoxy) is 2. The van der Waals surface area contributed by atoms with Gasteiger partial charge in [0, 0.05) is 0 Å². The first-order valence-electron chi connectivity index (χ1n) is 9.71. The van der Waals surface area contributed by atoms with Gasteiger partial charge in [-0.25, -0.2) is 0 Å². The van der Waals surface area contributed by atoms with Crippen molar-refractivity contribution in [3.63, 3.8) is 0 Å². The van der Waals surface area contributed by atoms with Crippen LogP contribution in [0.5, 0.6) is 11.5 Å². The normalized spacial score (nSPS) is 16.4. The molecule has 0 saturated carbocycles. The van der Waals surface area contributed by atoms with E-state index >= 15 is 0 Å². The highest BCUT2D eigenvalue weighted by molar-refractivity contribution is 8.27. The van der Waals surface area contributed by atoms with Gasteiger partial charge in [-0.15, -0.1) is 0 Å². The first-order valence-corrected chi connectivity index (χ1v) is 10.9. The van der Waals surface area contributed by atoms with Crippen molar-refractivity contribution < 1.29 is 14.3 Å². The quantitative estimate of drug-likeness (QED) is 0.402. The van der Waals surface area contributed by atoms with Crippen LogP contribution in [-0.4, -0.2) is 22.9 Å². The monoisotopic (exact) mass is 427 g/mol. The molecule has 2 aromatic rings. The SMILES string of the molecule is CCOc1cc(/C=C2\SC(=S)N(c3cccc(C)c3)C2=O)ccc1O[C@H](C)CC. The van der Waals surface area contributed by atoms with E-state index in [-0.39, 0.29) is 12.0 Å². The molecule has 3 rings (SSSR count). The van der Waals surface area contributed by atoms with Gasteiger partial charge >= 0.3 is 0 Å². The minimum atomic E-state index is -0.108. The molecule has 1 aliphatic rings. The van der Waals surface area contributed by atoms with E-state index in [1.165, 1.54) is 11.8 Å². The summed E-state index contributed by atoms with van der Waals surface area (Å²) in [5.74, 6) is 1.28. The molecule has 0 aromatic heterocycles. The van der Waals surface area contributed by atoms with Gasteiger partial charge < -0.3 is 9.47 Å². The molecule has 1 fully saturated rings. The topological polar surface area (TPSA) is 38.8 Å². The highest BCUT2D eigenvalue weighted by Gasteiger charge is 2.33. The van der Waals surface area contributed by atoms with E-state index in [2.05, 4.69) is 6.92 Å². The Morgan fingerprint density at radius 2 is 1.97 bits per heavy atom. The number of anilines is 1. The number of amides is 1. The predicted octanol–water partition coefficient (Wildman–Crippen LogP) is 5.98. The van der Waals surface area contributed by atoms with E-state index in [0.717, 1.165) is 23.2 Å². The fraction of sp³-hybridized carbons (Fsp3) is 0.304. The van der Waals surface area contributed by atoms with Gasteiger partial charge in [0.1, 0.15) is 0 Å². The maximum absolute atomic E-state index is 13.0. The van der Waals surface area contributed by atoms with Crippen molar-refractivity contribution in [2.24, 2.45) is 0 Å². The number of benzene rings is 2. The van der Waals surface area contributed by atoms with Crippen LogP contribution in [0, 0.1) is 6.92 Å². The highest BCUT2D eigenvalue weighted by Crippen LogP contribution is 2.37.